The average molecular weight is 287 g/mol. The Morgan fingerprint density at radius 1 is 1.47 bits per heavy atom. The number of carbonyl (C=O) groups is 1. The summed E-state index contributed by atoms with van der Waals surface area (Å²) in [5.41, 5.74) is -0.147. The van der Waals surface area contributed by atoms with Gasteiger partial charge in [-0.25, -0.2) is 12.8 Å². The van der Waals surface area contributed by atoms with E-state index in [0.717, 1.165) is 18.2 Å². The molecule has 2 rings (SSSR count). The molecule has 1 atom stereocenters. The summed E-state index contributed by atoms with van der Waals surface area (Å²) in [4.78, 5) is 13.5. The highest BCUT2D eigenvalue weighted by Gasteiger charge is 2.32. The highest BCUT2D eigenvalue weighted by molar-refractivity contribution is 7.91. The van der Waals surface area contributed by atoms with Crippen LogP contribution in [0.1, 0.15) is 17.3 Å². The number of aromatic hydroxyl groups is 1. The summed E-state index contributed by atoms with van der Waals surface area (Å²) in [6.45, 7) is 1.67. The van der Waals surface area contributed by atoms with E-state index < -0.39 is 27.6 Å². The zero-order valence-corrected chi connectivity index (χ0v) is 11.2. The van der Waals surface area contributed by atoms with E-state index in [0.29, 0.717) is 0 Å². The van der Waals surface area contributed by atoms with Crippen molar-refractivity contribution in [2.75, 3.05) is 18.1 Å². The number of hydrogen-bond donors (Lipinski definition) is 1. The summed E-state index contributed by atoms with van der Waals surface area (Å²) in [7, 11) is -3.13. The van der Waals surface area contributed by atoms with Crippen LogP contribution in [0.5, 0.6) is 5.75 Å². The molecule has 0 saturated carbocycles. The van der Waals surface area contributed by atoms with E-state index in [-0.39, 0.29) is 29.4 Å². The summed E-state index contributed by atoms with van der Waals surface area (Å²) < 4.78 is 36.0. The first-order valence-electron chi connectivity index (χ1n) is 5.80. The second-order valence-electron chi connectivity index (χ2n) is 4.62. The van der Waals surface area contributed by atoms with E-state index in [1.54, 1.807) is 6.92 Å². The van der Waals surface area contributed by atoms with Crippen molar-refractivity contribution in [3.63, 3.8) is 0 Å². The molecule has 1 unspecified atom stereocenters. The number of benzene rings is 1. The SMILES string of the molecule is CC1CS(=O)(=O)CCN1C(=O)c1cc(F)ccc1O. The van der Waals surface area contributed by atoms with Crippen molar-refractivity contribution in [1.29, 1.82) is 0 Å². The monoisotopic (exact) mass is 287 g/mol. The van der Waals surface area contributed by atoms with Gasteiger partial charge in [0, 0.05) is 12.6 Å². The van der Waals surface area contributed by atoms with E-state index in [9.17, 15) is 22.7 Å². The molecule has 1 amide bonds. The highest BCUT2D eigenvalue weighted by atomic mass is 32.2. The van der Waals surface area contributed by atoms with Crippen molar-refractivity contribution in [2.24, 2.45) is 0 Å². The van der Waals surface area contributed by atoms with E-state index >= 15 is 0 Å². The minimum Gasteiger partial charge on any atom is -0.507 e. The van der Waals surface area contributed by atoms with Crippen LogP contribution < -0.4 is 0 Å². The van der Waals surface area contributed by atoms with Crippen molar-refractivity contribution >= 4 is 15.7 Å². The normalized spacial score (nSPS) is 22.2. The van der Waals surface area contributed by atoms with Crippen molar-refractivity contribution in [3.05, 3.63) is 29.6 Å². The van der Waals surface area contributed by atoms with Gasteiger partial charge in [0.2, 0.25) is 0 Å². The molecule has 7 heteroatoms. The van der Waals surface area contributed by atoms with Gasteiger partial charge < -0.3 is 10.0 Å². The minimum absolute atomic E-state index is 0.0539. The lowest BCUT2D eigenvalue weighted by Crippen LogP contribution is -2.49. The fourth-order valence-electron chi connectivity index (χ4n) is 2.13. The molecule has 0 spiro atoms. The summed E-state index contributed by atoms with van der Waals surface area (Å²) in [6, 6.07) is 2.62. The predicted octanol–water partition coefficient (Wildman–Crippen LogP) is 0.790. The Hall–Kier alpha value is -1.63. The molecule has 1 saturated heterocycles. The number of halogens is 1. The summed E-state index contributed by atoms with van der Waals surface area (Å²) in [5, 5.41) is 9.59. The number of rotatable bonds is 1. The van der Waals surface area contributed by atoms with Crippen LogP contribution in [-0.4, -0.2) is 48.4 Å². The topological polar surface area (TPSA) is 74.7 Å². The van der Waals surface area contributed by atoms with Crippen LogP contribution >= 0.6 is 0 Å². The summed E-state index contributed by atoms with van der Waals surface area (Å²) in [5.74, 6) is -1.72. The Balaban J connectivity index is 2.27. The molecule has 5 nitrogen and oxygen atoms in total. The van der Waals surface area contributed by atoms with Gasteiger partial charge in [-0.05, 0) is 25.1 Å². The molecule has 0 bridgehead atoms. The number of amides is 1. The Labute approximate surface area is 110 Å². The van der Waals surface area contributed by atoms with Crippen LogP contribution in [0.3, 0.4) is 0 Å². The van der Waals surface area contributed by atoms with Crippen LogP contribution in [0.15, 0.2) is 18.2 Å². The van der Waals surface area contributed by atoms with Crippen molar-refractivity contribution < 1.29 is 22.7 Å². The Morgan fingerprint density at radius 3 is 2.79 bits per heavy atom. The van der Waals surface area contributed by atoms with Gasteiger partial charge in [0.1, 0.15) is 11.6 Å². The van der Waals surface area contributed by atoms with Gasteiger partial charge in [0.25, 0.3) is 5.91 Å². The second-order valence-corrected chi connectivity index (χ2v) is 6.85. The largest absolute Gasteiger partial charge is 0.507 e. The minimum atomic E-state index is -3.13. The molecule has 1 aliphatic heterocycles. The smallest absolute Gasteiger partial charge is 0.258 e. The van der Waals surface area contributed by atoms with E-state index in [1.165, 1.54) is 4.90 Å². The lowest BCUT2D eigenvalue weighted by atomic mass is 10.1. The number of phenols is 1. The third-order valence-corrected chi connectivity index (χ3v) is 4.92. The molecule has 104 valence electrons. The second kappa shape index (κ2) is 4.80. The number of nitrogens with zero attached hydrogens (tertiary/aromatic N) is 1. The molecule has 0 aliphatic carbocycles. The Kier molecular flexibility index (Phi) is 3.49. The Morgan fingerprint density at radius 2 is 2.16 bits per heavy atom. The first-order valence-corrected chi connectivity index (χ1v) is 7.62. The Bertz CT molecular complexity index is 614. The molecule has 0 aromatic heterocycles. The van der Waals surface area contributed by atoms with Crippen LogP contribution in [0.4, 0.5) is 4.39 Å². The molecule has 1 heterocycles. The standard InChI is InChI=1S/C12H14FNO4S/c1-8-7-19(17,18)5-4-14(8)12(16)10-6-9(13)2-3-11(10)15/h2-3,6,8,15H,4-5,7H2,1H3. The van der Waals surface area contributed by atoms with E-state index in [2.05, 4.69) is 0 Å². The van der Waals surface area contributed by atoms with E-state index in [1.807, 2.05) is 0 Å². The van der Waals surface area contributed by atoms with Gasteiger partial charge in [-0.3, -0.25) is 4.79 Å². The van der Waals surface area contributed by atoms with Crippen LogP contribution in [0.25, 0.3) is 0 Å². The third-order valence-electron chi connectivity index (χ3n) is 3.12. The molecule has 0 radical (unpaired) electrons. The van der Waals surface area contributed by atoms with Crippen molar-refractivity contribution in [2.45, 2.75) is 13.0 Å². The fraction of sp³-hybridized carbons (Fsp3) is 0.417. The molecule has 1 fully saturated rings. The lowest BCUT2D eigenvalue weighted by Gasteiger charge is -2.33. The zero-order valence-electron chi connectivity index (χ0n) is 10.3. The first-order chi connectivity index (χ1) is 8.80. The molecule has 19 heavy (non-hydrogen) atoms. The maximum Gasteiger partial charge on any atom is 0.258 e. The van der Waals surface area contributed by atoms with Gasteiger partial charge in [0.15, 0.2) is 9.84 Å². The van der Waals surface area contributed by atoms with Crippen LogP contribution in [0, 0.1) is 5.82 Å². The predicted molar refractivity (Wildman–Crippen MR) is 67.2 cm³/mol. The highest BCUT2D eigenvalue weighted by Crippen LogP contribution is 2.22. The number of hydrogen-bond acceptors (Lipinski definition) is 4. The maximum absolute atomic E-state index is 13.1. The zero-order chi connectivity index (χ0) is 14.2. The lowest BCUT2D eigenvalue weighted by molar-refractivity contribution is 0.0709. The van der Waals surface area contributed by atoms with Gasteiger partial charge in [-0.2, -0.15) is 0 Å². The molecule has 1 aliphatic rings. The fourth-order valence-corrected chi connectivity index (χ4v) is 3.69. The number of phenolic OH excluding ortho intramolecular Hbond substituents is 1. The van der Waals surface area contributed by atoms with Gasteiger partial charge >= 0.3 is 0 Å². The van der Waals surface area contributed by atoms with E-state index in [4.69, 9.17) is 0 Å². The molecular weight excluding hydrogens is 273 g/mol. The third kappa shape index (κ3) is 2.86. The van der Waals surface area contributed by atoms with Gasteiger partial charge in [-0.1, -0.05) is 0 Å². The first kappa shape index (κ1) is 13.8. The van der Waals surface area contributed by atoms with Crippen molar-refractivity contribution in [1.82, 2.24) is 4.90 Å². The molecule has 1 aromatic carbocycles. The molecule has 1 N–H and O–H groups in total. The summed E-state index contributed by atoms with van der Waals surface area (Å²) >= 11 is 0. The molecule has 1 aromatic rings. The van der Waals surface area contributed by atoms with Crippen LogP contribution in [0.2, 0.25) is 0 Å². The average Bonchev–Trinajstić information content (AvgIpc) is 2.30. The number of sulfone groups is 1. The van der Waals surface area contributed by atoms with Gasteiger partial charge in [-0.15, -0.1) is 0 Å². The summed E-state index contributed by atoms with van der Waals surface area (Å²) in [6.07, 6.45) is 0. The molecular formula is C12H14FNO4S. The maximum atomic E-state index is 13.1. The van der Waals surface area contributed by atoms with Gasteiger partial charge in [0.05, 0.1) is 17.1 Å². The quantitative estimate of drug-likeness (QED) is 0.828. The number of carbonyl (C=O) groups excluding carboxylic acids is 1. The van der Waals surface area contributed by atoms with Crippen LogP contribution in [-0.2, 0) is 9.84 Å². The van der Waals surface area contributed by atoms with Crippen molar-refractivity contribution in [3.8, 4) is 5.75 Å².